The van der Waals surface area contributed by atoms with Gasteiger partial charge in [0.05, 0.1) is 5.56 Å². The average molecular weight is 293 g/mol. The van der Waals surface area contributed by atoms with Crippen molar-refractivity contribution in [3.05, 3.63) is 47.7 Å². The normalized spacial score (nSPS) is 14.2. The number of anilines is 3. The van der Waals surface area contributed by atoms with Gasteiger partial charge in [-0.1, -0.05) is 0 Å². The van der Waals surface area contributed by atoms with Crippen molar-refractivity contribution in [3.8, 4) is 0 Å². The zero-order valence-corrected chi connectivity index (χ0v) is 11.2. The Hall–Kier alpha value is -2.24. The van der Waals surface area contributed by atoms with Gasteiger partial charge < -0.3 is 10.6 Å². The van der Waals surface area contributed by atoms with Crippen LogP contribution in [0, 0.1) is 0 Å². The highest BCUT2D eigenvalue weighted by molar-refractivity contribution is 5.64. The molecule has 0 atom stereocenters. The molecule has 1 aromatic heterocycles. The van der Waals surface area contributed by atoms with Gasteiger partial charge in [-0.2, -0.15) is 13.2 Å². The molecule has 3 rings (SSSR count). The minimum absolute atomic E-state index is 0.188. The number of hydrogen-bond donors (Lipinski definition) is 2. The van der Waals surface area contributed by atoms with Crippen LogP contribution in [0.4, 0.5) is 30.4 Å². The van der Waals surface area contributed by atoms with E-state index in [0.29, 0.717) is 0 Å². The third kappa shape index (κ3) is 3.09. The lowest BCUT2D eigenvalue weighted by molar-refractivity contribution is -0.137. The molecule has 21 heavy (non-hydrogen) atoms. The lowest BCUT2D eigenvalue weighted by Gasteiger charge is -2.19. The van der Waals surface area contributed by atoms with Gasteiger partial charge in [0.1, 0.15) is 5.82 Å². The Balaban J connectivity index is 1.83. The molecule has 0 saturated heterocycles. The van der Waals surface area contributed by atoms with E-state index in [-0.39, 0.29) is 5.82 Å². The molecule has 0 saturated carbocycles. The summed E-state index contributed by atoms with van der Waals surface area (Å²) in [5.74, 6) is 0.188. The molecule has 0 unspecified atom stereocenters. The van der Waals surface area contributed by atoms with Crippen LogP contribution in [-0.4, -0.2) is 11.5 Å². The summed E-state index contributed by atoms with van der Waals surface area (Å²) >= 11 is 0. The molecule has 0 radical (unpaired) electrons. The number of rotatable bonds is 2. The van der Waals surface area contributed by atoms with E-state index in [1.807, 2.05) is 18.2 Å². The molecule has 0 spiro atoms. The van der Waals surface area contributed by atoms with Gasteiger partial charge in [0.15, 0.2) is 0 Å². The van der Waals surface area contributed by atoms with Gasteiger partial charge >= 0.3 is 6.18 Å². The first-order valence-corrected chi connectivity index (χ1v) is 6.69. The maximum atomic E-state index is 12.7. The van der Waals surface area contributed by atoms with Gasteiger partial charge in [-0.15, -0.1) is 0 Å². The summed E-state index contributed by atoms with van der Waals surface area (Å²) in [4.78, 5) is 3.93. The highest BCUT2D eigenvalue weighted by Crippen LogP contribution is 2.31. The van der Waals surface area contributed by atoms with Crippen LogP contribution in [0.1, 0.15) is 17.5 Å². The zero-order chi connectivity index (χ0) is 14.9. The lowest BCUT2D eigenvalue weighted by Crippen LogP contribution is -2.11. The molecule has 2 N–H and O–H groups in total. The number of aromatic nitrogens is 1. The third-order valence-corrected chi connectivity index (χ3v) is 3.40. The standard InChI is InChI=1S/C15H14F3N3/c16-15(17,18)11-5-7-20-14(9-11)21-12-3-4-13-10(8-12)2-1-6-19-13/h3-5,7-9,19H,1-2,6H2,(H,20,21). The smallest absolute Gasteiger partial charge is 0.385 e. The van der Waals surface area contributed by atoms with Crippen molar-refractivity contribution >= 4 is 17.2 Å². The number of pyridine rings is 1. The van der Waals surface area contributed by atoms with Crippen LogP contribution in [0.25, 0.3) is 0 Å². The van der Waals surface area contributed by atoms with Crippen molar-refractivity contribution in [2.24, 2.45) is 0 Å². The summed E-state index contributed by atoms with van der Waals surface area (Å²) in [5.41, 5.74) is 2.28. The van der Waals surface area contributed by atoms with Crippen molar-refractivity contribution in [2.45, 2.75) is 19.0 Å². The van der Waals surface area contributed by atoms with Crippen molar-refractivity contribution in [1.82, 2.24) is 4.98 Å². The number of nitrogens with one attached hydrogen (secondary N) is 2. The summed E-state index contributed by atoms with van der Waals surface area (Å²) in [6.45, 7) is 0.953. The molecule has 0 bridgehead atoms. The lowest BCUT2D eigenvalue weighted by atomic mass is 10.0. The fraction of sp³-hybridized carbons (Fsp3) is 0.267. The SMILES string of the molecule is FC(F)(F)c1ccnc(Nc2ccc3c(c2)CCCN3)c1. The Morgan fingerprint density at radius 2 is 2.00 bits per heavy atom. The zero-order valence-electron chi connectivity index (χ0n) is 11.2. The van der Waals surface area contributed by atoms with E-state index in [1.54, 1.807) is 0 Å². The summed E-state index contributed by atoms with van der Waals surface area (Å²) < 4.78 is 38.0. The van der Waals surface area contributed by atoms with E-state index in [1.165, 1.54) is 5.56 Å². The topological polar surface area (TPSA) is 37.0 Å². The number of nitrogens with zero attached hydrogens (tertiary/aromatic N) is 1. The first kappa shape index (κ1) is 13.7. The van der Waals surface area contributed by atoms with E-state index < -0.39 is 11.7 Å². The highest BCUT2D eigenvalue weighted by atomic mass is 19.4. The van der Waals surface area contributed by atoms with Crippen LogP contribution in [-0.2, 0) is 12.6 Å². The number of alkyl halides is 3. The van der Waals surface area contributed by atoms with Crippen molar-refractivity contribution in [3.63, 3.8) is 0 Å². The summed E-state index contributed by atoms with van der Waals surface area (Å²) in [6, 6.07) is 7.69. The number of aryl methyl sites for hydroxylation is 1. The van der Waals surface area contributed by atoms with Crippen LogP contribution >= 0.6 is 0 Å². The Bertz CT molecular complexity index is 653. The second kappa shape index (κ2) is 5.27. The molecule has 2 heterocycles. The fourth-order valence-electron chi connectivity index (χ4n) is 2.38. The molecule has 2 aromatic rings. The highest BCUT2D eigenvalue weighted by Gasteiger charge is 2.30. The molecule has 110 valence electrons. The van der Waals surface area contributed by atoms with Crippen LogP contribution in [0.2, 0.25) is 0 Å². The molecular formula is C15H14F3N3. The molecule has 1 aliphatic heterocycles. The predicted octanol–water partition coefficient (Wildman–Crippen LogP) is 4.20. The van der Waals surface area contributed by atoms with Gasteiger partial charge in [0.25, 0.3) is 0 Å². The summed E-state index contributed by atoms with van der Waals surface area (Å²) in [7, 11) is 0. The third-order valence-electron chi connectivity index (χ3n) is 3.40. The van der Waals surface area contributed by atoms with E-state index in [2.05, 4.69) is 15.6 Å². The first-order chi connectivity index (χ1) is 10.0. The second-order valence-electron chi connectivity index (χ2n) is 4.95. The maximum absolute atomic E-state index is 12.7. The predicted molar refractivity (Wildman–Crippen MR) is 75.8 cm³/mol. The molecule has 0 aliphatic carbocycles. The van der Waals surface area contributed by atoms with Gasteiger partial charge in [0.2, 0.25) is 0 Å². The van der Waals surface area contributed by atoms with Crippen molar-refractivity contribution < 1.29 is 13.2 Å². The fourth-order valence-corrected chi connectivity index (χ4v) is 2.38. The van der Waals surface area contributed by atoms with Crippen LogP contribution in [0.3, 0.4) is 0 Å². The van der Waals surface area contributed by atoms with Gasteiger partial charge in [-0.25, -0.2) is 4.98 Å². The molecule has 6 heteroatoms. The van der Waals surface area contributed by atoms with E-state index >= 15 is 0 Å². The largest absolute Gasteiger partial charge is 0.416 e. The minimum Gasteiger partial charge on any atom is -0.385 e. The first-order valence-electron chi connectivity index (χ1n) is 6.69. The number of hydrogen-bond acceptors (Lipinski definition) is 3. The van der Waals surface area contributed by atoms with Crippen LogP contribution in [0.5, 0.6) is 0 Å². The number of benzene rings is 1. The van der Waals surface area contributed by atoms with Gasteiger partial charge in [-0.05, 0) is 48.7 Å². The van der Waals surface area contributed by atoms with Crippen molar-refractivity contribution in [1.29, 1.82) is 0 Å². The van der Waals surface area contributed by atoms with Crippen LogP contribution < -0.4 is 10.6 Å². The Morgan fingerprint density at radius 3 is 2.81 bits per heavy atom. The molecule has 0 amide bonds. The summed E-state index contributed by atoms with van der Waals surface area (Å²) in [6.07, 6.45) is -1.18. The molecule has 1 aliphatic rings. The van der Waals surface area contributed by atoms with Crippen molar-refractivity contribution in [2.75, 3.05) is 17.2 Å². The monoisotopic (exact) mass is 293 g/mol. The second-order valence-corrected chi connectivity index (χ2v) is 4.95. The maximum Gasteiger partial charge on any atom is 0.416 e. The quantitative estimate of drug-likeness (QED) is 0.871. The summed E-state index contributed by atoms with van der Waals surface area (Å²) in [5, 5.41) is 6.22. The van der Waals surface area contributed by atoms with Gasteiger partial charge in [-0.3, -0.25) is 0 Å². The number of fused-ring (bicyclic) bond motifs is 1. The van der Waals surface area contributed by atoms with E-state index in [0.717, 1.165) is 49.1 Å². The van der Waals surface area contributed by atoms with E-state index in [9.17, 15) is 13.2 Å². The Labute approximate surface area is 120 Å². The number of halogens is 3. The molecular weight excluding hydrogens is 279 g/mol. The Kier molecular flexibility index (Phi) is 3.45. The molecule has 1 aromatic carbocycles. The molecule has 0 fully saturated rings. The molecule has 3 nitrogen and oxygen atoms in total. The van der Waals surface area contributed by atoms with Gasteiger partial charge in [0, 0.05) is 24.1 Å². The van der Waals surface area contributed by atoms with E-state index in [4.69, 9.17) is 0 Å². The van der Waals surface area contributed by atoms with Crippen LogP contribution in [0.15, 0.2) is 36.5 Å². The minimum atomic E-state index is -4.36. The average Bonchev–Trinajstić information content (AvgIpc) is 2.46. The Morgan fingerprint density at radius 1 is 1.14 bits per heavy atom.